The number of rotatable bonds is 6. The molecule has 2 heterocycles. The van der Waals surface area contributed by atoms with Crippen molar-refractivity contribution >= 4 is 29.2 Å². The zero-order valence-corrected chi connectivity index (χ0v) is 22.1. The molecule has 0 unspecified atom stereocenters. The predicted octanol–water partition coefficient (Wildman–Crippen LogP) is 4.24. The highest BCUT2D eigenvalue weighted by molar-refractivity contribution is 6.12. The SMILES string of the molecule is N#Cc1ccnc(N2C(=O)CC[C@H]2C(=O)N(c2ccccc2)[C@]2(C(=O)NC3CC(F)(F)C3)CCc3ccccc32)c1. The molecule has 1 aliphatic heterocycles. The third kappa shape index (κ3) is 4.51. The molecule has 2 atom stereocenters. The van der Waals surface area contributed by atoms with Crippen LogP contribution in [-0.4, -0.2) is 40.7 Å². The minimum atomic E-state index is -2.83. The number of amides is 3. The number of nitrogens with zero attached hydrogens (tertiary/aromatic N) is 4. The van der Waals surface area contributed by atoms with Crippen molar-refractivity contribution in [3.05, 3.63) is 89.6 Å². The molecule has 1 saturated heterocycles. The summed E-state index contributed by atoms with van der Waals surface area (Å²) < 4.78 is 27.4. The van der Waals surface area contributed by atoms with Crippen molar-refractivity contribution in [2.24, 2.45) is 0 Å². The summed E-state index contributed by atoms with van der Waals surface area (Å²) in [7, 11) is 0. The van der Waals surface area contributed by atoms with Crippen molar-refractivity contribution in [1.29, 1.82) is 5.26 Å². The third-order valence-electron chi connectivity index (χ3n) is 8.25. The van der Waals surface area contributed by atoms with E-state index in [0.29, 0.717) is 23.2 Å². The summed E-state index contributed by atoms with van der Waals surface area (Å²) in [6.07, 6.45) is 1.51. The standard InChI is InChI=1S/C31H27F2N5O3/c32-30(33)17-22(18-30)36-29(41)31(14-12-21-6-4-5-9-24(21)31)38(23-7-2-1-3-8-23)28(40)25-10-11-27(39)37(25)26-16-20(19-34)13-15-35-26/h1-9,13,15-16,22,25H,10-12,14,17-18H2,(H,36,41)/t25-,31+/m0/s1. The molecule has 3 aliphatic rings. The molecule has 1 aromatic heterocycles. The zero-order chi connectivity index (χ0) is 28.8. The Morgan fingerprint density at radius 3 is 2.51 bits per heavy atom. The lowest BCUT2D eigenvalue weighted by Gasteiger charge is -2.45. The van der Waals surface area contributed by atoms with E-state index >= 15 is 0 Å². The van der Waals surface area contributed by atoms with E-state index in [9.17, 15) is 28.4 Å². The van der Waals surface area contributed by atoms with E-state index in [0.717, 1.165) is 5.56 Å². The largest absolute Gasteiger partial charge is 0.351 e. The summed E-state index contributed by atoms with van der Waals surface area (Å²) in [5.74, 6) is -3.98. The maximum absolute atomic E-state index is 14.7. The summed E-state index contributed by atoms with van der Waals surface area (Å²) in [6.45, 7) is 0. The minimum Gasteiger partial charge on any atom is -0.351 e. The van der Waals surface area contributed by atoms with Crippen molar-refractivity contribution < 1.29 is 23.2 Å². The molecule has 41 heavy (non-hydrogen) atoms. The first-order chi connectivity index (χ1) is 19.7. The van der Waals surface area contributed by atoms with Crippen LogP contribution >= 0.6 is 0 Å². The molecule has 6 rings (SSSR count). The number of hydrogen-bond acceptors (Lipinski definition) is 5. The van der Waals surface area contributed by atoms with Gasteiger partial charge in [0.25, 0.3) is 17.7 Å². The highest BCUT2D eigenvalue weighted by Crippen LogP contribution is 2.46. The van der Waals surface area contributed by atoms with Crippen LogP contribution in [0.4, 0.5) is 20.3 Å². The second-order valence-electron chi connectivity index (χ2n) is 10.8. The van der Waals surface area contributed by atoms with Gasteiger partial charge in [0.05, 0.1) is 11.6 Å². The number of para-hydroxylation sites is 1. The number of pyridine rings is 1. The molecule has 0 radical (unpaired) electrons. The van der Waals surface area contributed by atoms with Crippen LogP contribution in [0.15, 0.2) is 72.9 Å². The van der Waals surface area contributed by atoms with E-state index in [1.807, 2.05) is 18.2 Å². The lowest BCUT2D eigenvalue weighted by atomic mass is 9.83. The monoisotopic (exact) mass is 555 g/mol. The van der Waals surface area contributed by atoms with Crippen molar-refractivity contribution in [1.82, 2.24) is 10.3 Å². The number of aromatic nitrogens is 1. The summed E-state index contributed by atoms with van der Waals surface area (Å²) in [4.78, 5) is 49.2. The Morgan fingerprint density at radius 1 is 1.05 bits per heavy atom. The number of carbonyl (C=O) groups is 3. The minimum absolute atomic E-state index is 0.0877. The normalized spacial score (nSPS) is 22.9. The van der Waals surface area contributed by atoms with Crippen molar-refractivity contribution in [2.75, 3.05) is 9.80 Å². The molecule has 10 heteroatoms. The summed E-state index contributed by atoms with van der Waals surface area (Å²) in [5.41, 5.74) is 0.721. The van der Waals surface area contributed by atoms with E-state index in [2.05, 4.69) is 10.3 Å². The van der Waals surface area contributed by atoms with Crippen LogP contribution in [0.5, 0.6) is 0 Å². The Labute approximate surface area is 235 Å². The summed E-state index contributed by atoms with van der Waals surface area (Å²) in [5, 5.41) is 12.2. The van der Waals surface area contributed by atoms with Gasteiger partial charge in [-0.2, -0.15) is 5.26 Å². The number of aryl methyl sites for hydroxylation is 1. The Morgan fingerprint density at radius 2 is 1.78 bits per heavy atom. The van der Waals surface area contributed by atoms with Gasteiger partial charge in [0.15, 0.2) is 5.54 Å². The third-order valence-corrected chi connectivity index (χ3v) is 8.25. The second kappa shape index (κ2) is 10.1. The van der Waals surface area contributed by atoms with Gasteiger partial charge in [0.1, 0.15) is 11.9 Å². The van der Waals surface area contributed by atoms with Crippen LogP contribution < -0.4 is 15.1 Å². The Kier molecular flexibility index (Phi) is 6.53. The molecule has 3 aromatic rings. The number of hydrogen-bond donors (Lipinski definition) is 1. The molecule has 2 aromatic carbocycles. The van der Waals surface area contributed by atoms with E-state index in [-0.39, 0.29) is 31.0 Å². The van der Waals surface area contributed by atoms with Gasteiger partial charge in [-0.3, -0.25) is 24.2 Å². The van der Waals surface area contributed by atoms with E-state index in [1.54, 1.807) is 42.5 Å². The maximum Gasteiger partial charge on any atom is 0.252 e. The number of alkyl halides is 2. The van der Waals surface area contributed by atoms with Crippen LogP contribution in [-0.2, 0) is 26.3 Å². The molecule has 0 spiro atoms. The molecule has 1 saturated carbocycles. The maximum atomic E-state index is 14.7. The first-order valence-corrected chi connectivity index (χ1v) is 13.6. The van der Waals surface area contributed by atoms with Gasteiger partial charge in [-0.25, -0.2) is 13.8 Å². The molecule has 0 bridgehead atoms. The first-order valence-electron chi connectivity index (χ1n) is 13.6. The van der Waals surface area contributed by atoms with E-state index in [1.165, 1.54) is 28.1 Å². The number of fused-ring (bicyclic) bond motifs is 1. The van der Waals surface area contributed by atoms with Gasteiger partial charge in [-0.05, 0) is 54.7 Å². The zero-order valence-electron chi connectivity index (χ0n) is 22.1. The first kappa shape index (κ1) is 26.6. The van der Waals surface area contributed by atoms with Crippen LogP contribution in [0, 0.1) is 11.3 Å². The Bertz CT molecular complexity index is 1570. The number of nitriles is 1. The number of benzene rings is 2. The molecular formula is C31H27F2N5O3. The highest BCUT2D eigenvalue weighted by Gasteiger charge is 2.56. The molecular weight excluding hydrogens is 528 g/mol. The van der Waals surface area contributed by atoms with Crippen LogP contribution in [0.3, 0.4) is 0 Å². The fraction of sp³-hybridized carbons (Fsp3) is 0.323. The molecule has 2 fully saturated rings. The smallest absolute Gasteiger partial charge is 0.252 e. The average molecular weight is 556 g/mol. The van der Waals surface area contributed by atoms with E-state index < -0.39 is 48.2 Å². The topological polar surface area (TPSA) is 106 Å². The fourth-order valence-corrected chi connectivity index (χ4v) is 6.32. The van der Waals surface area contributed by atoms with Gasteiger partial charge in [-0.1, -0.05) is 42.5 Å². The van der Waals surface area contributed by atoms with Gasteiger partial charge in [0.2, 0.25) is 5.91 Å². The van der Waals surface area contributed by atoms with Gasteiger partial charge in [0, 0.05) is 37.2 Å². The molecule has 2 aliphatic carbocycles. The number of halogens is 2. The average Bonchev–Trinajstić information content (AvgIpc) is 3.54. The highest BCUT2D eigenvalue weighted by atomic mass is 19.3. The molecule has 3 amide bonds. The lowest BCUT2D eigenvalue weighted by molar-refractivity contribution is -0.137. The molecule has 1 N–H and O–H groups in total. The van der Waals surface area contributed by atoms with Crippen molar-refractivity contribution in [2.45, 2.75) is 62.1 Å². The summed E-state index contributed by atoms with van der Waals surface area (Å²) >= 11 is 0. The van der Waals surface area contributed by atoms with Crippen LogP contribution in [0.25, 0.3) is 0 Å². The van der Waals surface area contributed by atoms with Crippen LogP contribution in [0.1, 0.15) is 48.8 Å². The molecule has 8 nitrogen and oxygen atoms in total. The van der Waals surface area contributed by atoms with Gasteiger partial charge < -0.3 is 5.32 Å². The number of anilines is 2. The van der Waals surface area contributed by atoms with Crippen LogP contribution in [0.2, 0.25) is 0 Å². The fourth-order valence-electron chi connectivity index (χ4n) is 6.32. The van der Waals surface area contributed by atoms with Crippen molar-refractivity contribution in [3.8, 4) is 6.07 Å². The lowest BCUT2D eigenvalue weighted by Crippen LogP contribution is -2.64. The second-order valence-corrected chi connectivity index (χ2v) is 10.8. The quantitative estimate of drug-likeness (QED) is 0.490. The van der Waals surface area contributed by atoms with Crippen molar-refractivity contribution in [3.63, 3.8) is 0 Å². The molecule has 208 valence electrons. The number of carbonyl (C=O) groups excluding carboxylic acids is 3. The Hall–Kier alpha value is -4.65. The van der Waals surface area contributed by atoms with Gasteiger partial charge >= 0.3 is 0 Å². The summed E-state index contributed by atoms with van der Waals surface area (Å²) in [6, 6.07) is 19.4. The predicted molar refractivity (Wildman–Crippen MR) is 146 cm³/mol. The van der Waals surface area contributed by atoms with E-state index in [4.69, 9.17) is 0 Å². The Balaban J connectivity index is 1.47. The van der Waals surface area contributed by atoms with Gasteiger partial charge in [-0.15, -0.1) is 0 Å². The number of nitrogens with one attached hydrogen (secondary N) is 1.